The van der Waals surface area contributed by atoms with Crippen LogP contribution in [-0.4, -0.2) is 42.3 Å². The van der Waals surface area contributed by atoms with Crippen LogP contribution in [0, 0.1) is 5.82 Å². The number of alkyl halides is 1. The number of pyridine rings is 1. The summed E-state index contributed by atoms with van der Waals surface area (Å²) >= 11 is 6.03. The number of aromatic nitrogens is 1. The first kappa shape index (κ1) is 29.9. The number of hydrogen-bond donors (Lipinski definition) is 2. The minimum absolute atomic E-state index is 0.0477. The van der Waals surface area contributed by atoms with Crippen LogP contribution in [0.1, 0.15) is 68.1 Å². The van der Waals surface area contributed by atoms with Crippen molar-refractivity contribution in [3.63, 3.8) is 0 Å². The Hall–Kier alpha value is -3.07. The van der Waals surface area contributed by atoms with Crippen LogP contribution >= 0.6 is 11.6 Å². The summed E-state index contributed by atoms with van der Waals surface area (Å²) in [5.41, 5.74) is 0.387. The summed E-state index contributed by atoms with van der Waals surface area (Å²) < 4.78 is 38.1. The van der Waals surface area contributed by atoms with Crippen LogP contribution in [0.5, 0.6) is 11.5 Å². The van der Waals surface area contributed by atoms with Crippen molar-refractivity contribution in [1.29, 1.82) is 0 Å². The van der Waals surface area contributed by atoms with Crippen molar-refractivity contribution >= 4 is 17.4 Å². The number of nitrogens with zero attached hydrogens (tertiary/aromatic N) is 1. The molecule has 1 unspecified atom stereocenters. The van der Waals surface area contributed by atoms with Gasteiger partial charge in [-0.1, -0.05) is 11.6 Å². The number of Topliss-reactive ketones (excluding diaryl/α,β-unsaturated/α-hetero) is 1. The molecule has 2 N–H and O–H groups in total. The van der Waals surface area contributed by atoms with E-state index < -0.39 is 23.6 Å². The normalized spacial score (nSPS) is 15.0. The molecular formula is C31H35ClF2N2O4. The Morgan fingerprint density at radius 3 is 2.52 bits per heavy atom. The Morgan fingerprint density at radius 2 is 1.88 bits per heavy atom. The number of hydrogen-bond acceptors (Lipinski definition) is 6. The van der Waals surface area contributed by atoms with Gasteiger partial charge in [-0.3, -0.25) is 4.79 Å². The highest BCUT2D eigenvalue weighted by atomic mass is 35.5. The number of benzene rings is 2. The first-order valence-electron chi connectivity index (χ1n) is 13.3. The second-order valence-corrected chi connectivity index (χ2v) is 11.3. The number of carbonyl (C=O) groups is 1. The average molecular weight is 573 g/mol. The fraction of sp³-hybridized carbons (Fsp3) is 0.419. The van der Waals surface area contributed by atoms with Gasteiger partial charge in [0.15, 0.2) is 17.3 Å². The van der Waals surface area contributed by atoms with Gasteiger partial charge in [-0.25, -0.2) is 13.8 Å². The van der Waals surface area contributed by atoms with Gasteiger partial charge in [0.25, 0.3) is 0 Å². The molecule has 4 rings (SSSR count). The van der Waals surface area contributed by atoms with Gasteiger partial charge in [-0.05, 0) is 94.1 Å². The zero-order chi connectivity index (χ0) is 29.1. The first-order chi connectivity index (χ1) is 18.9. The minimum atomic E-state index is -1.49. The monoisotopic (exact) mass is 572 g/mol. The number of ether oxygens (including phenoxy) is 2. The Labute approximate surface area is 238 Å². The van der Waals surface area contributed by atoms with Crippen LogP contribution in [0.3, 0.4) is 0 Å². The highest BCUT2D eigenvalue weighted by molar-refractivity contribution is 6.31. The van der Waals surface area contributed by atoms with Gasteiger partial charge in [0.2, 0.25) is 0 Å². The van der Waals surface area contributed by atoms with Gasteiger partial charge in [-0.15, -0.1) is 0 Å². The van der Waals surface area contributed by atoms with Crippen LogP contribution in [0.15, 0.2) is 48.5 Å². The second-order valence-electron chi connectivity index (χ2n) is 10.9. The molecule has 2 aromatic carbocycles. The third-order valence-corrected chi connectivity index (χ3v) is 7.41. The van der Waals surface area contributed by atoms with Crippen molar-refractivity contribution in [1.82, 2.24) is 10.3 Å². The average Bonchev–Trinajstić information content (AvgIpc) is 3.76. The molecule has 1 atom stereocenters. The van der Waals surface area contributed by atoms with Crippen molar-refractivity contribution < 1.29 is 28.2 Å². The molecule has 1 aliphatic rings. The van der Waals surface area contributed by atoms with Crippen molar-refractivity contribution in [2.45, 2.75) is 63.7 Å². The molecule has 3 aromatic rings. The van der Waals surface area contributed by atoms with Crippen molar-refractivity contribution in [3.8, 4) is 22.8 Å². The fourth-order valence-electron chi connectivity index (χ4n) is 4.37. The second kappa shape index (κ2) is 12.2. The lowest BCUT2D eigenvalue weighted by Gasteiger charge is -2.30. The molecule has 1 aliphatic carbocycles. The third kappa shape index (κ3) is 7.16. The van der Waals surface area contributed by atoms with Gasteiger partial charge < -0.3 is 19.9 Å². The summed E-state index contributed by atoms with van der Waals surface area (Å²) in [5.74, 6) is 0.376. The summed E-state index contributed by atoms with van der Waals surface area (Å²) in [6.45, 7) is 4.99. The summed E-state index contributed by atoms with van der Waals surface area (Å²) in [7, 11) is 1.53. The molecule has 0 bridgehead atoms. The van der Waals surface area contributed by atoms with E-state index in [1.807, 2.05) is 13.8 Å². The fourth-order valence-corrected chi connectivity index (χ4v) is 4.55. The van der Waals surface area contributed by atoms with E-state index in [0.717, 1.165) is 18.4 Å². The van der Waals surface area contributed by atoms with E-state index >= 15 is 0 Å². The lowest BCUT2D eigenvalue weighted by molar-refractivity contribution is 0.0396. The molecule has 1 aromatic heterocycles. The molecular weight excluding hydrogens is 538 g/mol. The van der Waals surface area contributed by atoms with Crippen molar-refractivity contribution in [2.24, 2.45) is 0 Å². The van der Waals surface area contributed by atoms with E-state index in [2.05, 4.69) is 10.3 Å². The molecule has 214 valence electrons. The largest absolute Gasteiger partial charge is 0.493 e. The quantitative estimate of drug-likeness (QED) is 0.220. The van der Waals surface area contributed by atoms with Gasteiger partial charge in [0.05, 0.1) is 29.6 Å². The van der Waals surface area contributed by atoms with Gasteiger partial charge in [0, 0.05) is 29.6 Å². The molecule has 9 heteroatoms. The predicted molar refractivity (Wildman–Crippen MR) is 151 cm³/mol. The van der Waals surface area contributed by atoms with Gasteiger partial charge >= 0.3 is 0 Å². The Morgan fingerprint density at radius 1 is 1.12 bits per heavy atom. The summed E-state index contributed by atoms with van der Waals surface area (Å²) in [5, 5.41) is 14.6. The molecule has 40 heavy (non-hydrogen) atoms. The molecule has 0 saturated heterocycles. The number of aliphatic hydroxyl groups is 1. The topological polar surface area (TPSA) is 80.7 Å². The standard InChI is InChI=1S/C31H35ClF2N2O4/c1-30(2,35-14-13-33)21-17-25(19-5-9-24(34)23(32)15-19)36-29(18-21)31(3,38)12-11-26(37)20-6-10-27(28(16-20)39-4)40-22-7-8-22/h5-6,9-10,15-18,22,35,38H,7-8,11-14H2,1-4H3. The van der Waals surface area contributed by atoms with Crippen molar-refractivity contribution in [3.05, 3.63) is 76.2 Å². The third-order valence-electron chi connectivity index (χ3n) is 7.12. The number of rotatable bonds is 13. The molecule has 0 spiro atoms. The highest BCUT2D eigenvalue weighted by Gasteiger charge is 2.30. The van der Waals surface area contributed by atoms with Crippen LogP contribution in [0.4, 0.5) is 8.78 Å². The number of ketones is 1. The summed E-state index contributed by atoms with van der Waals surface area (Å²) in [6.07, 6.45) is 2.35. The Kier molecular flexibility index (Phi) is 9.12. The highest BCUT2D eigenvalue weighted by Crippen LogP contribution is 2.36. The minimum Gasteiger partial charge on any atom is -0.493 e. The first-order valence-corrected chi connectivity index (χ1v) is 13.7. The number of methoxy groups -OCH3 is 1. The molecule has 1 fully saturated rings. The molecule has 6 nitrogen and oxygen atoms in total. The van der Waals surface area contributed by atoms with E-state index in [0.29, 0.717) is 34.0 Å². The van der Waals surface area contributed by atoms with Crippen LogP contribution in [0.2, 0.25) is 5.02 Å². The van der Waals surface area contributed by atoms with Crippen molar-refractivity contribution in [2.75, 3.05) is 20.3 Å². The van der Waals surface area contributed by atoms with E-state index in [9.17, 15) is 18.7 Å². The predicted octanol–water partition coefficient (Wildman–Crippen LogP) is 6.76. The molecule has 0 amide bonds. The van der Waals surface area contributed by atoms with Gasteiger partial charge in [0.1, 0.15) is 18.1 Å². The molecule has 0 radical (unpaired) electrons. The van der Waals surface area contributed by atoms with Crippen LogP contribution < -0.4 is 14.8 Å². The lowest BCUT2D eigenvalue weighted by atomic mass is 9.87. The maximum Gasteiger partial charge on any atom is 0.163 e. The van der Waals surface area contributed by atoms with E-state index in [1.165, 1.54) is 19.2 Å². The number of carbonyl (C=O) groups excluding carboxylic acids is 1. The van der Waals surface area contributed by atoms with E-state index in [-0.39, 0.29) is 36.3 Å². The van der Waals surface area contributed by atoms with Crippen LogP contribution in [0.25, 0.3) is 11.3 Å². The Balaban J connectivity index is 1.60. The van der Waals surface area contributed by atoms with Gasteiger partial charge in [-0.2, -0.15) is 0 Å². The maximum atomic E-state index is 13.9. The smallest absolute Gasteiger partial charge is 0.163 e. The molecule has 1 heterocycles. The lowest BCUT2D eigenvalue weighted by Crippen LogP contribution is -2.38. The summed E-state index contributed by atoms with van der Waals surface area (Å²) in [6, 6.07) is 12.9. The Bertz CT molecular complexity index is 1380. The SMILES string of the molecule is COc1cc(C(=O)CCC(C)(O)c2cc(C(C)(C)NCCF)cc(-c3ccc(F)c(Cl)c3)n2)ccc1OC1CC1. The number of halogens is 3. The maximum absolute atomic E-state index is 13.9. The zero-order valence-electron chi connectivity index (χ0n) is 23.2. The van der Waals surface area contributed by atoms with E-state index in [1.54, 1.807) is 43.3 Å². The molecule has 0 aliphatic heterocycles. The summed E-state index contributed by atoms with van der Waals surface area (Å²) in [4.78, 5) is 17.8. The van der Waals surface area contributed by atoms with Crippen LogP contribution in [-0.2, 0) is 11.1 Å². The van der Waals surface area contributed by atoms with E-state index in [4.69, 9.17) is 21.1 Å². The number of nitrogens with one attached hydrogen (secondary N) is 1. The molecule has 1 saturated carbocycles. The zero-order valence-corrected chi connectivity index (χ0v) is 23.9.